The maximum Gasteiger partial charge on any atom is 0.344 e. The van der Waals surface area contributed by atoms with E-state index >= 15 is 0 Å². The highest BCUT2D eigenvalue weighted by atomic mass is 79.9. The number of hydrogen-bond acceptors (Lipinski definition) is 4. The molecule has 4 atom stereocenters. The quantitative estimate of drug-likeness (QED) is 0.571. The molecule has 0 N–H and O–H groups in total. The fourth-order valence-electron chi connectivity index (χ4n) is 3.21. The molecule has 3 rings (SSSR count). The number of carbonyl (C=O) groups is 1. The molecule has 1 aliphatic heterocycles. The van der Waals surface area contributed by atoms with Crippen LogP contribution in [0, 0.1) is 11.8 Å². The van der Waals surface area contributed by atoms with Crippen molar-refractivity contribution in [1.82, 2.24) is 0 Å². The summed E-state index contributed by atoms with van der Waals surface area (Å²) in [6.07, 6.45) is 0.542. The molecule has 1 spiro atoms. The number of carbonyl (C=O) groups excluding carboxylic acids is 1. The van der Waals surface area contributed by atoms with Gasteiger partial charge >= 0.3 is 5.97 Å². The van der Waals surface area contributed by atoms with E-state index in [1.54, 1.807) is 6.92 Å². The van der Waals surface area contributed by atoms with Crippen molar-refractivity contribution < 1.29 is 23.4 Å². The molecular formula is C11H14BrFO4. The van der Waals surface area contributed by atoms with Crippen LogP contribution in [0.5, 0.6) is 0 Å². The lowest BCUT2D eigenvalue weighted by Crippen LogP contribution is -2.45. The van der Waals surface area contributed by atoms with Gasteiger partial charge in [-0.25, -0.2) is 9.18 Å². The number of fused-ring (bicyclic) bond motifs is 2. The minimum Gasteiger partial charge on any atom is -0.464 e. The van der Waals surface area contributed by atoms with Crippen LogP contribution in [0.25, 0.3) is 0 Å². The molecule has 0 aromatic rings. The van der Waals surface area contributed by atoms with Crippen LogP contribution in [0.1, 0.15) is 13.3 Å². The summed E-state index contributed by atoms with van der Waals surface area (Å²) in [6.45, 7) is 2.76. The van der Waals surface area contributed by atoms with Crippen LogP contribution < -0.4 is 0 Å². The molecular weight excluding hydrogens is 295 g/mol. The number of halogens is 2. The first-order valence-electron chi connectivity index (χ1n) is 5.85. The van der Waals surface area contributed by atoms with Gasteiger partial charge in [-0.15, -0.1) is 0 Å². The molecule has 0 bridgehead atoms. The number of rotatable bonds is 2. The van der Waals surface area contributed by atoms with Crippen LogP contribution in [-0.4, -0.2) is 42.1 Å². The number of esters is 1. The number of hydrogen-bond donors (Lipinski definition) is 0. The van der Waals surface area contributed by atoms with Gasteiger partial charge in [0.2, 0.25) is 5.67 Å². The molecule has 2 saturated carbocycles. The van der Waals surface area contributed by atoms with Crippen molar-refractivity contribution in [2.24, 2.45) is 11.8 Å². The summed E-state index contributed by atoms with van der Waals surface area (Å²) < 4.78 is 30.6. The fraction of sp³-hybridized carbons (Fsp3) is 0.909. The largest absolute Gasteiger partial charge is 0.464 e. The summed E-state index contributed by atoms with van der Waals surface area (Å²) in [5.41, 5.74) is -1.91. The van der Waals surface area contributed by atoms with Gasteiger partial charge in [0, 0.05) is 5.92 Å². The Morgan fingerprint density at radius 1 is 1.53 bits per heavy atom. The molecule has 0 aromatic heterocycles. The van der Waals surface area contributed by atoms with E-state index in [-0.39, 0.29) is 17.4 Å². The molecule has 1 saturated heterocycles. The maximum absolute atomic E-state index is 14.6. The monoisotopic (exact) mass is 308 g/mol. The molecule has 3 fully saturated rings. The van der Waals surface area contributed by atoms with E-state index in [0.29, 0.717) is 19.6 Å². The SMILES string of the molecule is CCOC(=O)[C@]1(F)[C@H]2C[C@H](Br)C3(OCCO3)[C@H]21. The first-order chi connectivity index (χ1) is 8.07. The zero-order chi connectivity index (χ0) is 12.3. The fourth-order valence-corrected chi connectivity index (χ4v) is 4.16. The third-order valence-electron chi connectivity index (χ3n) is 3.94. The van der Waals surface area contributed by atoms with E-state index in [9.17, 15) is 9.18 Å². The van der Waals surface area contributed by atoms with Gasteiger partial charge in [0.1, 0.15) is 0 Å². The van der Waals surface area contributed by atoms with Gasteiger partial charge in [0.25, 0.3) is 0 Å². The molecule has 1 heterocycles. The summed E-state index contributed by atoms with van der Waals surface area (Å²) in [6, 6.07) is 0. The average Bonchev–Trinajstić information content (AvgIpc) is 2.71. The first-order valence-corrected chi connectivity index (χ1v) is 6.77. The van der Waals surface area contributed by atoms with Gasteiger partial charge in [0.05, 0.1) is 30.6 Å². The van der Waals surface area contributed by atoms with Crippen LogP contribution in [0.3, 0.4) is 0 Å². The minimum absolute atomic E-state index is 0.0502. The predicted octanol–water partition coefficient (Wildman–Crippen LogP) is 1.41. The maximum atomic E-state index is 14.6. The topological polar surface area (TPSA) is 44.8 Å². The van der Waals surface area contributed by atoms with Crippen molar-refractivity contribution in [2.45, 2.75) is 29.6 Å². The Balaban J connectivity index is 1.84. The summed E-state index contributed by atoms with van der Waals surface area (Å²) in [5, 5.41) is 0. The molecule has 96 valence electrons. The Bertz CT molecular complexity index is 357. The molecule has 0 radical (unpaired) electrons. The Morgan fingerprint density at radius 3 is 2.76 bits per heavy atom. The predicted molar refractivity (Wildman–Crippen MR) is 59.4 cm³/mol. The van der Waals surface area contributed by atoms with Crippen molar-refractivity contribution in [1.29, 1.82) is 0 Å². The molecule has 0 aromatic carbocycles. The Kier molecular flexibility index (Phi) is 2.55. The molecule has 17 heavy (non-hydrogen) atoms. The van der Waals surface area contributed by atoms with Crippen molar-refractivity contribution in [3.8, 4) is 0 Å². The van der Waals surface area contributed by atoms with E-state index in [0.717, 1.165) is 0 Å². The molecule has 0 unspecified atom stereocenters. The van der Waals surface area contributed by atoms with Crippen molar-refractivity contribution >= 4 is 21.9 Å². The van der Waals surface area contributed by atoms with Gasteiger partial charge in [-0.2, -0.15) is 0 Å². The lowest BCUT2D eigenvalue weighted by Gasteiger charge is -2.30. The summed E-state index contributed by atoms with van der Waals surface area (Å²) in [4.78, 5) is 11.6. The minimum atomic E-state index is -1.91. The lowest BCUT2D eigenvalue weighted by atomic mass is 10.0. The van der Waals surface area contributed by atoms with Crippen molar-refractivity contribution in [3.05, 3.63) is 0 Å². The summed E-state index contributed by atoms with van der Waals surface area (Å²) in [5.74, 6) is -2.61. The van der Waals surface area contributed by atoms with Crippen molar-refractivity contribution in [3.63, 3.8) is 0 Å². The van der Waals surface area contributed by atoms with E-state index < -0.39 is 23.3 Å². The lowest BCUT2D eigenvalue weighted by molar-refractivity contribution is -0.182. The third kappa shape index (κ3) is 1.32. The van der Waals surface area contributed by atoms with Gasteiger partial charge < -0.3 is 14.2 Å². The zero-order valence-electron chi connectivity index (χ0n) is 9.45. The summed E-state index contributed by atoms with van der Waals surface area (Å²) >= 11 is 3.46. The first kappa shape index (κ1) is 11.9. The van der Waals surface area contributed by atoms with Gasteiger partial charge in [-0.3, -0.25) is 0 Å². The van der Waals surface area contributed by atoms with Gasteiger partial charge in [-0.1, -0.05) is 15.9 Å². The molecule has 4 nitrogen and oxygen atoms in total. The highest BCUT2D eigenvalue weighted by molar-refractivity contribution is 9.09. The number of ether oxygens (including phenoxy) is 3. The third-order valence-corrected chi connectivity index (χ3v) is 4.96. The van der Waals surface area contributed by atoms with Crippen LogP contribution in [0.4, 0.5) is 4.39 Å². The second kappa shape index (κ2) is 3.65. The highest BCUT2D eigenvalue weighted by Crippen LogP contribution is 2.70. The highest BCUT2D eigenvalue weighted by Gasteiger charge is 2.85. The van der Waals surface area contributed by atoms with Crippen molar-refractivity contribution in [2.75, 3.05) is 19.8 Å². The molecule has 0 amide bonds. The molecule has 2 aliphatic carbocycles. The standard InChI is InChI=1S/C11H14BrFO4/c1-2-15-9(14)10(13)6-5-7(12)11(8(6)10)16-3-4-17-11/h6-8H,2-5H2,1H3/t6-,7-,8+,10-/m0/s1. The smallest absolute Gasteiger partial charge is 0.344 e. The van der Waals surface area contributed by atoms with E-state index in [1.807, 2.05) is 0 Å². The molecule has 3 aliphatic rings. The van der Waals surface area contributed by atoms with E-state index in [1.165, 1.54) is 0 Å². The van der Waals surface area contributed by atoms with Crippen LogP contribution in [-0.2, 0) is 19.0 Å². The van der Waals surface area contributed by atoms with E-state index in [4.69, 9.17) is 14.2 Å². The zero-order valence-corrected chi connectivity index (χ0v) is 11.0. The second-order valence-electron chi connectivity index (χ2n) is 4.69. The Labute approximate surface area is 107 Å². The summed E-state index contributed by atoms with van der Waals surface area (Å²) in [7, 11) is 0. The van der Waals surface area contributed by atoms with Crippen LogP contribution in [0.15, 0.2) is 0 Å². The van der Waals surface area contributed by atoms with Gasteiger partial charge in [-0.05, 0) is 13.3 Å². The Morgan fingerprint density at radius 2 is 2.18 bits per heavy atom. The van der Waals surface area contributed by atoms with E-state index in [2.05, 4.69) is 15.9 Å². The van der Waals surface area contributed by atoms with Crippen LogP contribution >= 0.6 is 15.9 Å². The normalized spacial score (nSPS) is 45.9. The second-order valence-corrected chi connectivity index (χ2v) is 5.80. The molecule has 6 heteroatoms. The van der Waals surface area contributed by atoms with Crippen LogP contribution in [0.2, 0.25) is 0 Å². The average molecular weight is 309 g/mol. The Hall–Kier alpha value is -0.200. The number of alkyl halides is 2. The van der Waals surface area contributed by atoms with Gasteiger partial charge in [0.15, 0.2) is 5.79 Å².